The number of ether oxygens (including phenoxy) is 1. The number of carboxylic acids is 1. The molecule has 1 aliphatic heterocycles. The van der Waals surface area contributed by atoms with Crippen molar-refractivity contribution in [2.75, 3.05) is 13.2 Å². The van der Waals surface area contributed by atoms with Crippen molar-refractivity contribution < 1.29 is 23.4 Å². The molecule has 0 amide bonds. The molecule has 1 N–H and O–H groups in total. The molecule has 0 aromatic carbocycles. The van der Waals surface area contributed by atoms with Crippen LogP contribution in [0.3, 0.4) is 0 Å². The summed E-state index contributed by atoms with van der Waals surface area (Å²) in [6.45, 7) is 1.18. The molecule has 1 unspecified atom stereocenters. The molecule has 0 aromatic heterocycles. The van der Waals surface area contributed by atoms with Gasteiger partial charge in [0, 0.05) is 24.5 Å². The van der Waals surface area contributed by atoms with Gasteiger partial charge in [-0.05, 0) is 44.4 Å². The van der Waals surface area contributed by atoms with Crippen molar-refractivity contribution in [3.05, 3.63) is 0 Å². The van der Waals surface area contributed by atoms with E-state index < -0.39 is 29.1 Å². The third kappa shape index (κ3) is 1.89. The normalized spacial score (nSPS) is 42.2. The summed E-state index contributed by atoms with van der Waals surface area (Å²) < 4.78 is 33.8. The van der Waals surface area contributed by atoms with Crippen LogP contribution < -0.4 is 0 Å². The highest BCUT2D eigenvalue weighted by Crippen LogP contribution is 2.75. The molecule has 1 atom stereocenters. The molecule has 3 nitrogen and oxygen atoms in total. The van der Waals surface area contributed by atoms with Crippen LogP contribution in [0.4, 0.5) is 8.78 Å². The Bertz CT molecular complexity index is 369. The van der Waals surface area contributed by atoms with Crippen LogP contribution >= 0.6 is 0 Å². The van der Waals surface area contributed by atoms with Gasteiger partial charge in [-0.25, -0.2) is 8.78 Å². The maximum atomic E-state index is 14.3. The first kappa shape index (κ1) is 13.3. The Kier molecular flexibility index (Phi) is 3.08. The zero-order chi connectivity index (χ0) is 13.7. The average molecular weight is 274 g/mol. The van der Waals surface area contributed by atoms with E-state index in [9.17, 15) is 13.6 Å². The molecule has 2 saturated carbocycles. The molecule has 1 saturated heterocycles. The van der Waals surface area contributed by atoms with Gasteiger partial charge in [0.2, 0.25) is 0 Å². The van der Waals surface area contributed by atoms with E-state index in [4.69, 9.17) is 9.84 Å². The largest absolute Gasteiger partial charge is 0.481 e. The molecule has 3 rings (SSSR count). The van der Waals surface area contributed by atoms with Crippen molar-refractivity contribution in [1.82, 2.24) is 0 Å². The lowest BCUT2D eigenvalue weighted by Crippen LogP contribution is -2.26. The number of aliphatic carboxylic acids is 1. The minimum atomic E-state index is -2.58. The van der Waals surface area contributed by atoms with Crippen LogP contribution in [0.25, 0.3) is 0 Å². The summed E-state index contributed by atoms with van der Waals surface area (Å²) >= 11 is 0. The van der Waals surface area contributed by atoms with E-state index in [1.54, 1.807) is 0 Å². The van der Waals surface area contributed by atoms with Crippen LogP contribution in [0, 0.1) is 23.2 Å². The van der Waals surface area contributed by atoms with Gasteiger partial charge >= 0.3 is 5.97 Å². The average Bonchev–Trinajstić information content (AvgIpc) is 2.86. The minimum absolute atomic E-state index is 0.0603. The quantitative estimate of drug-likeness (QED) is 0.842. The zero-order valence-corrected chi connectivity index (χ0v) is 10.9. The van der Waals surface area contributed by atoms with Crippen molar-refractivity contribution in [2.45, 2.75) is 44.4 Å². The van der Waals surface area contributed by atoms with E-state index in [1.165, 1.54) is 0 Å². The molecular weight excluding hydrogens is 254 g/mol. The first-order chi connectivity index (χ1) is 8.99. The fraction of sp³-hybridized carbons (Fsp3) is 0.929. The summed E-state index contributed by atoms with van der Waals surface area (Å²) in [6.07, 6.45) is 3.02. The minimum Gasteiger partial charge on any atom is -0.481 e. The van der Waals surface area contributed by atoms with Gasteiger partial charge in [-0.1, -0.05) is 0 Å². The van der Waals surface area contributed by atoms with Crippen LogP contribution in [0.15, 0.2) is 0 Å². The lowest BCUT2D eigenvalue weighted by Gasteiger charge is -2.29. The van der Waals surface area contributed by atoms with Crippen molar-refractivity contribution >= 4 is 5.97 Å². The second-order valence-electron chi connectivity index (χ2n) is 6.32. The van der Waals surface area contributed by atoms with Crippen LogP contribution in [-0.4, -0.2) is 30.2 Å². The van der Waals surface area contributed by atoms with Crippen molar-refractivity contribution in [2.24, 2.45) is 23.2 Å². The SMILES string of the molecule is O=C(O)C1CCC2(CC1)C(C1CCOCC1)C2(F)F. The molecule has 1 heterocycles. The van der Waals surface area contributed by atoms with E-state index in [0.717, 1.165) is 12.8 Å². The smallest absolute Gasteiger partial charge is 0.306 e. The maximum Gasteiger partial charge on any atom is 0.306 e. The Morgan fingerprint density at radius 3 is 2.21 bits per heavy atom. The Labute approximate surface area is 111 Å². The summed E-state index contributed by atoms with van der Waals surface area (Å²) in [6, 6.07) is 0. The lowest BCUT2D eigenvalue weighted by atomic mass is 9.76. The molecule has 3 aliphatic rings. The van der Waals surface area contributed by atoms with E-state index >= 15 is 0 Å². The highest BCUT2D eigenvalue weighted by Gasteiger charge is 2.81. The fourth-order valence-corrected chi connectivity index (χ4v) is 4.36. The molecule has 2 aliphatic carbocycles. The van der Waals surface area contributed by atoms with Crippen LogP contribution in [0.5, 0.6) is 0 Å². The molecule has 1 spiro atoms. The molecule has 0 bridgehead atoms. The van der Waals surface area contributed by atoms with Gasteiger partial charge in [-0.2, -0.15) is 0 Å². The van der Waals surface area contributed by atoms with Gasteiger partial charge in [0.15, 0.2) is 0 Å². The standard InChI is InChI=1S/C14H20F2O3/c15-14(16)11(9-3-7-19-8-4-9)13(14)5-1-10(2-6-13)12(17)18/h9-11H,1-8H2,(H,17,18). The molecule has 5 heteroatoms. The number of alkyl halides is 2. The van der Waals surface area contributed by atoms with E-state index in [0.29, 0.717) is 38.9 Å². The first-order valence-electron chi connectivity index (χ1n) is 7.17. The molecule has 108 valence electrons. The molecule has 0 aromatic rings. The number of carboxylic acid groups (broad SMARTS) is 1. The predicted molar refractivity (Wildman–Crippen MR) is 64.0 cm³/mol. The third-order valence-electron chi connectivity index (χ3n) is 5.53. The summed E-state index contributed by atoms with van der Waals surface area (Å²) in [5, 5.41) is 8.97. The van der Waals surface area contributed by atoms with E-state index in [1.807, 2.05) is 0 Å². The Hall–Kier alpha value is -0.710. The summed E-state index contributed by atoms with van der Waals surface area (Å²) in [5.74, 6) is -4.30. The van der Waals surface area contributed by atoms with Crippen molar-refractivity contribution in [3.8, 4) is 0 Å². The Balaban J connectivity index is 1.69. The topological polar surface area (TPSA) is 46.5 Å². The van der Waals surface area contributed by atoms with Crippen LogP contribution in [0.1, 0.15) is 38.5 Å². The lowest BCUT2D eigenvalue weighted by molar-refractivity contribution is -0.143. The second kappa shape index (κ2) is 4.40. The van der Waals surface area contributed by atoms with Crippen LogP contribution in [-0.2, 0) is 9.53 Å². The van der Waals surface area contributed by atoms with Gasteiger partial charge in [0.1, 0.15) is 0 Å². The second-order valence-corrected chi connectivity index (χ2v) is 6.32. The van der Waals surface area contributed by atoms with Gasteiger partial charge in [0.05, 0.1) is 5.92 Å². The molecule has 3 fully saturated rings. The van der Waals surface area contributed by atoms with E-state index in [2.05, 4.69) is 0 Å². The van der Waals surface area contributed by atoms with Gasteiger partial charge < -0.3 is 9.84 Å². The highest BCUT2D eigenvalue weighted by atomic mass is 19.3. The predicted octanol–water partition coefficient (Wildman–Crippen LogP) is 2.94. The number of carbonyl (C=O) groups is 1. The maximum absolute atomic E-state index is 14.3. The molecule has 0 radical (unpaired) electrons. The third-order valence-corrected chi connectivity index (χ3v) is 5.53. The van der Waals surface area contributed by atoms with Gasteiger partial charge in [-0.15, -0.1) is 0 Å². The Morgan fingerprint density at radius 1 is 1.11 bits per heavy atom. The van der Waals surface area contributed by atoms with Crippen LogP contribution in [0.2, 0.25) is 0 Å². The summed E-state index contributed by atoms with van der Waals surface area (Å²) in [7, 11) is 0. The Morgan fingerprint density at radius 2 is 1.68 bits per heavy atom. The molecular formula is C14H20F2O3. The molecule has 19 heavy (non-hydrogen) atoms. The number of hydrogen-bond acceptors (Lipinski definition) is 2. The monoisotopic (exact) mass is 274 g/mol. The van der Waals surface area contributed by atoms with Gasteiger partial charge in [-0.3, -0.25) is 4.79 Å². The zero-order valence-electron chi connectivity index (χ0n) is 10.9. The summed E-state index contributed by atoms with van der Waals surface area (Å²) in [4.78, 5) is 10.9. The van der Waals surface area contributed by atoms with Gasteiger partial charge in [0.25, 0.3) is 5.92 Å². The number of halogens is 2. The fourth-order valence-electron chi connectivity index (χ4n) is 4.36. The van der Waals surface area contributed by atoms with Crippen molar-refractivity contribution in [3.63, 3.8) is 0 Å². The highest BCUT2D eigenvalue weighted by molar-refractivity contribution is 5.70. The van der Waals surface area contributed by atoms with Crippen molar-refractivity contribution in [1.29, 1.82) is 0 Å². The number of rotatable bonds is 2. The van der Waals surface area contributed by atoms with E-state index in [-0.39, 0.29) is 5.92 Å². The first-order valence-corrected chi connectivity index (χ1v) is 7.17. The number of hydrogen-bond donors (Lipinski definition) is 1. The summed E-state index contributed by atoms with van der Waals surface area (Å²) in [5.41, 5.74) is -0.888.